The molecule has 0 bridgehead atoms. The molecule has 0 radical (unpaired) electrons. The third kappa shape index (κ3) is 4.08. The Kier molecular flexibility index (Phi) is 5.10. The third-order valence-electron chi connectivity index (χ3n) is 4.70. The van der Waals surface area contributed by atoms with E-state index < -0.39 is 0 Å². The van der Waals surface area contributed by atoms with Gasteiger partial charge in [0.25, 0.3) is 0 Å². The number of carbonyl (C=O) groups excluding carboxylic acids is 1. The van der Waals surface area contributed by atoms with E-state index in [4.69, 9.17) is 4.74 Å². The number of likely N-dealkylation sites (tertiary alicyclic amines) is 1. The van der Waals surface area contributed by atoms with Gasteiger partial charge in [0.05, 0.1) is 19.1 Å². The van der Waals surface area contributed by atoms with E-state index in [2.05, 4.69) is 20.2 Å². The summed E-state index contributed by atoms with van der Waals surface area (Å²) in [6.45, 7) is 7.20. The average molecular weight is 306 g/mol. The van der Waals surface area contributed by atoms with E-state index in [0.717, 1.165) is 63.6 Å². The fraction of sp³-hybridized carbons (Fsp3) is 0.750. The van der Waals surface area contributed by atoms with Gasteiger partial charge in [-0.15, -0.1) is 0 Å². The number of aryl methyl sites for hydroxylation is 1. The number of rotatable bonds is 5. The van der Waals surface area contributed by atoms with Crippen LogP contribution < -0.4 is 5.32 Å². The number of imidazole rings is 1. The molecule has 2 fully saturated rings. The summed E-state index contributed by atoms with van der Waals surface area (Å²) in [4.78, 5) is 22.1. The van der Waals surface area contributed by atoms with Crippen molar-refractivity contribution in [2.75, 3.05) is 32.8 Å². The number of aromatic nitrogens is 2. The number of amides is 1. The van der Waals surface area contributed by atoms with E-state index >= 15 is 0 Å². The summed E-state index contributed by atoms with van der Waals surface area (Å²) in [7, 11) is 0. The van der Waals surface area contributed by atoms with Crippen LogP contribution in [0.25, 0.3) is 0 Å². The van der Waals surface area contributed by atoms with Gasteiger partial charge in [0, 0.05) is 25.0 Å². The van der Waals surface area contributed by atoms with Crippen molar-refractivity contribution in [3.8, 4) is 0 Å². The number of hydrogen-bond donors (Lipinski definition) is 2. The molecule has 3 heterocycles. The van der Waals surface area contributed by atoms with Crippen LogP contribution in [0.1, 0.15) is 30.8 Å². The van der Waals surface area contributed by atoms with Gasteiger partial charge in [-0.25, -0.2) is 4.98 Å². The molecular weight excluding hydrogens is 280 g/mol. The largest absolute Gasteiger partial charge is 0.381 e. The lowest BCUT2D eigenvalue weighted by Gasteiger charge is -2.31. The summed E-state index contributed by atoms with van der Waals surface area (Å²) >= 11 is 0. The maximum Gasteiger partial charge on any atom is 0.225 e. The molecule has 0 spiro atoms. The van der Waals surface area contributed by atoms with Gasteiger partial charge in [0.15, 0.2) is 0 Å². The number of nitrogens with one attached hydrogen (secondary N) is 2. The Bertz CT molecular complexity index is 488. The Hall–Kier alpha value is -1.40. The molecule has 6 nitrogen and oxygen atoms in total. The first-order valence-electron chi connectivity index (χ1n) is 8.29. The van der Waals surface area contributed by atoms with Gasteiger partial charge in [-0.3, -0.25) is 9.69 Å². The van der Waals surface area contributed by atoms with Gasteiger partial charge in [-0.2, -0.15) is 0 Å². The van der Waals surface area contributed by atoms with Crippen LogP contribution in [0.5, 0.6) is 0 Å². The van der Waals surface area contributed by atoms with Crippen molar-refractivity contribution >= 4 is 5.91 Å². The molecule has 1 aromatic rings. The van der Waals surface area contributed by atoms with E-state index in [0.29, 0.717) is 12.5 Å². The molecule has 1 amide bonds. The third-order valence-corrected chi connectivity index (χ3v) is 4.70. The molecule has 22 heavy (non-hydrogen) atoms. The second-order valence-corrected chi connectivity index (χ2v) is 6.54. The maximum absolute atomic E-state index is 12.0. The lowest BCUT2D eigenvalue weighted by atomic mass is 9.96. The highest BCUT2D eigenvalue weighted by Gasteiger charge is 2.25. The topological polar surface area (TPSA) is 70.2 Å². The minimum absolute atomic E-state index is 0.0716. The first-order valence-corrected chi connectivity index (χ1v) is 8.29. The molecule has 1 atom stereocenters. The van der Waals surface area contributed by atoms with Crippen LogP contribution in [0.4, 0.5) is 0 Å². The molecular formula is C16H26N4O2. The molecule has 0 aromatic carbocycles. The molecule has 2 aliphatic heterocycles. The first-order chi connectivity index (χ1) is 10.7. The van der Waals surface area contributed by atoms with Gasteiger partial charge in [0.1, 0.15) is 5.82 Å². The van der Waals surface area contributed by atoms with E-state index in [9.17, 15) is 4.79 Å². The summed E-state index contributed by atoms with van der Waals surface area (Å²) in [5.41, 5.74) is 1.11. The van der Waals surface area contributed by atoms with Crippen LogP contribution in [0.2, 0.25) is 0 Å². The summed E-state index contributed by atoms with van der Waals surface area (Å²) in [5.74, 6) is 1.89. The first kappa shape index (κ1) is 15.5. The highest BCUT2D eigenvalue weighted by Crippen LogP contribution is 2.18. The molecule has 0 unspecified atom stereocenters. The number of H-pyrrole nitrogens is 1. The Balaban J connectivity index is 1.35. The van der Waals surface area contributed by atoms with Crippen LogP contribution in [-0.4, -0.2) is 53.6 Å². The van der Waals surface area contributed by atoms with Crippen molar-refractivity contribution in [1.82, 2.24) is 20.2 Å². The molecule has 2 aliphatic rings. The van der Waals surface area contributed by atoms with Crippen LogP contribution in [0.15, 0.2) is 6.20 Å². The van der Waals surface area contributed by atoms with Crippen LogP contribution in [0, 0.1) is 18.8 Å². The second kappa shape index (κ2) is 7.24. The van der Waals surface area contributed by atoms with Crippen LogP contribution >= 0.6 is 0 Å². The molecule has 0 saturated carbocycles. The summed E-state index contributed by atoms with van der Waals surface area (Å²) < 4.78 is 5.27. The highest BCUT2D eigenvalue weighted by molar-refractivity contribution is 5.78. The van der Waals surface area contributed by atoms with Crippen molar-refractivity contribution in [2.24, 2.45) is 11.8 Å². The fourth-order valence-electron chi connectivity index (χ4n) is 3.24. The SMILES string of the molecule is Cc1cnc(CN2CCC(CNC(=O)[C@H]3CCOC3)CC2)[nH]1. The van der Waals surface area contributed by atoms with Gasteiger partial charge < -0.3 is 15.0 Å². The van der Waals surface area contributed by atoms with Crippen LogP contribution in [0.3, 0.4) is 0 Å². The average Bonchev–Trinajstić information content (AvgIpc) is 3.18. The number of ether oxygens (including phenoxy) is 1. The fourth-order valence-corrected chi connectivity index (χ4v) is 3.24. The zero-order valence-electron chi connectivity index (χ0n) is 13.3. The standard InChI is InChI=1S/C16H26N4O2/c1-12-8-17-15(19-12)10-20-5-2-13(3-6-20)9-18-16(21)14-4-7-22-11-14/h8,13-14H,2-7,9-11H2,1H3,(H,17,19)(H,18,21)/t14-/m0/s1. The van der Waals surface area contributed by atoms with E-state index in [1.54, 1.807) is 0 Å². The lowest BCUT2D eigenvalue weighted by Crippen LogP contribution is -2.40. The van der Waals surface area contributed by atoms with E-state index in [-0.39, 0.29) is 11.8 Å². The van der Waals surface area contributed by atoms with Gasteiger partial charge in [-0.05, 0) is 45.2 Å². The van der Waals surface area contributed by atoms with Crippen molar-refractivity contribution < 1.29 is 9.53 Å². The van der Waals surface area contributed by atoms with Gasteiger partial charge in [0.2, 0.25) is 5.91 Å². The van der Waals surface area contributed by atoms with Crippen molar-refractivity contribution in [2.45, 2.75) is 32.7 Å². The molecule has 2 saturated heterocycles. The Labute approximate surface area is 131 Å². The molecule has 3 rings (SSSR count). The lowest BCUT2D eigenvalue weighted by molar-refractivity contribution is -0.125. The van der Waals surface area contributed by atoms with Gasteiger partial charge >= 0.3 is 0 Å². The van der Waals surface area contributed by atoms with Crippen LogP contribution in [-0.2, 0) is 16.1 Å². The predicted octanol–water partition coefficient (Wildman–Crippen LogP) is 1.08. The number of piperidine rings is 1. The zero-order valence-corrected chi connectivity index (χ0v) is 13.3. The smallest absolute Gasteiger partial charge is 0.225 e. The normalized spacial score (nSPS) is 23.8. The minimum atomic E-state index is 0.0716. The van der Waals surface area contributed by atoms with Crippen molar-refractivity contribution in [3.05, 3.63) is 17.7 Å². The monoisotopic (exact) mass is 306 g/mol. The van der Waals surface area contributed by atoms with Crippen molar-refractivity contribution in [3.63, 3.8) is 0 Å². The van der Waals surface area contributed by atoms with E-state index in [1.165, 1.54) is 0 Å². The maximum atomic E-state index is 12.0. The van der Waals surface area contributed by atoms with E-state index in [1.807, 2.05) is 13.1 Å². The summed E-state index contributed by atoms with van der Waals surface area (Å²) in [6.07, 6.45) is 5.03. The molecule has 6 heteroatoms. The molecule has 122 valence electrons. The highest BCUT2D eigenvalue weighted by atomic mass is 16.5. The molecule has 0 aliphatic carbocycles. The van der Waals surface area contributed by atoms with Gasteiger partial charge in [-0.1, -0.05) is 0 Å². The Morgan fingerprint density at radius 1 is 1.45 bits per heavy atom. The predicted molar refractivity (Wildman–Crippen MR) is 83.3 cm³/mol. The Morgan fingerprint density at radius 3 is 2.91 bits per heavy atom. The molecule has 1 aromatic heterocycles. The summed E-state index contributed by atoms with van der Waals surface area (Å²) in [5, 5.41) is 3.11. The number of aromatic amines is 1. The second-order valence-electron chi connectivity index (χ2n) is 6.54. The number of hydrogen-bond acceptors (Lipinski definition) is 4. The quantitative estimate of drug-likeness (QED) is 0.854. The van der Waals surface area contributed by atoms with Crippen molar-refractivity contribution in [1.29, 1.82) is 0 Å². The number of carbonyl (C=O) groups is 1. The minimum Gasteiger partial charge on any atom is -0.381 e. The zero-order chi connectivity index (χ0) is 15.4. The molecule has 2 N–H and O–H groups in total. The Morgan fingerprint density at radius 2 is 2.27 bits per heavy atom. The summed E-state index contributed by atoms with van der Waals surface area (Å²) in [6, 6.07) is 0. The number of nitrogens with zero attached hydrogens (tertiary/aromatic N) is 2.